The van der Waals surface area contributed by atoms with E-state index in [1.165, 1.54) is 10.9 Å². The van der Waals surface area contributed by atoms with Gasteiger partial charge in [0.2, 0.25) is 0 Å². The summed E-state index contributed by atoms with van der Waals surface area (Å²) in [5.74, 6) is -0.486. The van der Waals surface area contributed by atoms with Crippen LogP contribution in [0.2, 0.25) is 5.02 Å². The predicted molar refractivity (Wildman–Crippen MR) is 78.1 cm³/mol. The Morgan fingerprint density at radius 1 is 1.35 bits per heavy atom. The lowest BCUT2D eigenvalue weighted by Crippen LogP contribution is -2.28. The van der Waals surface area contributed by atoms with Gasteiger partial charge in [-0.2, -0.15) is 5.10 Å². The molecule has 0 spiro atoms. The van der Waals surface area contributed by atoms with Gasteiger partial charge in [0.1, 0.15) is 6.29 Å². The van der Waals surface area contributed by atoms with E-state index in [0.717, 1.165) is 11.8 Å². The highest BCUT2D eigenvalue weighted by Gasteiger charge is 2.18. The molecular weight excluding hydrogens is 276 g/mol. The molecule has 2 aromatic rings. The summed E-state index contributed by atoms with van der Waals surface area (Å²) in [4.78, 5) is 23.5. The van der Waals surface area contributed by atoms with Gasteiger partial charge in [-0.25, -0.2) is 4.68 Å². The molecule has 0 aliphatic rings. The van der Waals surface area contributed by atoms with Crippen molar-refractivity contribution in [3.8, 4) is 0 Å². The normalized spacial score (nSPS) is 12.1. The molecule has 1 atom stereocenters. The van der Waals surface area contributed by atoms with E-state index in [2.05, 4.69) is 5.10 Å². The lowest BCUT2D eigenvalue weighted by molar-refractivity contribution is -0.109. The minimum Gasteiger partial charge on any atom is -0.303 e. The van der Waals surface area contributed by atoms with Crippen molar-refractivity contribution in [2.75, 3.05) is 0 Å². The third kappa shape index (κ3) is 2.96. The summed E-state index contributed by atoms with van der Waals surface area (Å²) in [6, 6.07) is 9.54. The Kier molecular flexibility index (Phi) is 4.69. The van der Waals surface area contributed by atoms with E-state index in [1.54, 1.807) is 0 Å². The smallest absolute Gasteiger partial charge is 0.272 e. The molecule has 0 bridgehead atoms. The Morgan fingerprint density at radius 3 is 2.65 bits per heavy atom. The van der Waals surface area contributed by atoms with Gasteiger partial charge in [-0.15, -0.1) is 0 Å². The van der Waals surface area contributed by atoms with Gasteiger partial charge < -0.3 is 4.79 Å². The van der Waals surface area contributed by atoms with Crippen LogP contribution in [0.15, 0.2) is 41.3 Å². The fourth-order valence-electron chi connectivity index (χ4n) is 2.06. The number of hydrogen-bond donors (Lipinski definition) is 0. The molecule has 2 rings (SSSR count). The highest BCUT2D eigenvalue weighted by molar-refractivity contribution is 6.31. The van der Waals surface area contributed by atoms with Crippen LogP contribution in [0.3, 0.4) is 0 Å². The summed E-state index contributed by atoms with van der Waals surface area (Å²) < 4.78 is 1.34. The first-order valence-electron chi connectivity index (χ1n) is 6.42. The molecule has 1 unspecified atom stereocenters. The summed E-state index contributed by atoms with van der Waals surface area (Å²) in [5.41, 5.74) is 0.991. The largest absolute Gasteiger partial charge is 0.303 e. The Hall–Kier alpha value is -1.94. The summed E-state index contributed by atoms with van der Waals surface area (Å²) in [7, 11) is 0. The van der Waals surface area contributed by atoms with E-state index in [1.807, 2.05) is 37.3 Å². The number of nitrogens with zero attached hydrogens (tertiary/aromatic N) is 2. The maximum atomic E-state index is 12.4. The van der Waals surface area contributed by atoms with Gasteiger partial charge in [0, 0.05) is 11.5 Å². The van der Waals surface area contributed by atoms with Crippen LogP contribution < -0.4 is 5.56 Å². The van der Waals surface area contributed by atoms with E-state index < -0.39 is 5.92 Å². The number of aromatic nitrogens is 2. The highest BCUT2D eigenvalue weighted by Crippen LogP contribution is 2.21. The van der Waals surface area contributed by atoms with Crippen LogP contribution in [0.5, 0.6) is 0 Å². The van der Waals surface area contributed by atoms with E-state index in [0.29, 0.717) is 18.5 Å². The molecule has 0 saturated heterocycles. The van der Waals surface area contributed by atoms with Gasteiger partial charge in [0.15, 0.2) is 0 Å². The summed E-state index contributed by atoms with van der Waals surface area (Å²) >= 11 is 6.02. The molecule has 1 heterocycles. The van der Waals surface area contributed by atoms with Crippen molar-refractivity contribution in [2.24, 2.45) is 0 Å². The first-order valence-corrected chi connectivity index (χ1v) is 6.80. The van der Waals surface area contributed by atoms with Gasteiger partial charge in [-0.1, -0.05) is 48.9 Å². The molecule has 0 amide bonds. The number of benzene rings is 1. The maximum absolute atomic E-state index is 12.4. The van der Waals surface area contributed by atoms with Crippen molar-refractivity contribution in [1.82, 2.24) is 9.78 Å². The van der Waals surface area contributed by atoms with Crippen LogP contribution in [0, 0.1) is 0 Å². The molecule has 1 aromatic carbocycles. The number of carbonyl (C=O) groups is 1. The average molecular weight is 291 g/mol. The molecule has 4 nitrogen and oxygen atoms in total. The van der Waals surface area contributed by atoms with Crippen LogP contribution in [0.25, 0.3) is 0 Å². The van der Waals surface area contributed by atoms with Crippen molar-refractivity contribution >= 4 is 17.9 Å². The van der Waals surface area contributed by atoms with Gasteiger partial charge in [-0.05, 0) is 12.0 Å². The van der Waals surface area contributed by atoms with E-state index in [-0.39, 0.29) is 10.6 Å². The number of carbonyl (C=O) groups excluding carboxylic acids is 1. The fourth-order valence-corrected chi connectivity index (χ4v) is 2.32. The monoisotopic (exact) mass is 290 g/mol. The number of halogens is 1. The van der Waals surface area contributed by atoms with E-state index in [9.17, 15) is 9.59 Å². The average Bonchev–Trinajstić information content (AvgIpc) is 2.47. The van der Waals surface area contributed by atoms with Crippen LogP contribution in [-0.4, -0.2) is 16.1 Å². The van der Waals surface area contributed by atoms with Crippen LogP contribution in [0.4, 0.5) is 0 Å². The van der Waals surface area contributed by atoms with Crippen LogP contribution in [-0.2, 0) is 11.3 Å². The first-order chi connectivity index (χ1) is 9.67. The zero-order valence-corrected chi connectivity index (χ0v) is 11.9. The van der Waals surface area contributed by atoms with Crippen molar-refractivity contribution < 1.29 is 4.79 Å². The Balaban J connectivity index is 2.44. The van der Waals surface area contributed by atoms with Gasteiger partial charge >= 0.3 is 0 Å². The molecule has 0 N–H and O–H groups in total. The van der Waals surface area contributed by atoms with Gasteiger partial charge in [-0.3, -0.25) is 4.79 Å². The second-order valence-corrected chi connectivity index (χ2v) is 4.91. The number of hydrogen-bond acceptors (Lipinski definition) is 3. The first kappa shape index (κ1) is 14.5. The van der Waals surface area contributed by atoms with Crippen LogP contribution in [0.1, 0.15) is 30.4 Å². The van der Waals surface area contributed by atoms with E-state index in [4.69, 9.17) is 11.6 Å². The molecule has 5 heteroatoms. The molecule has 0 aliphatic carbocycles. The Morgan fingerprint density at radius 2 is 2.05 bits per heavy atom. The number of rotatable bonds is 5. The molecule has 0 radical (unpaired) electrons. The molecular formula is C15H15ClN2O2. The zero-order valence-electron chi connectivity index (χ0n) is 11.1. The lowest BCUT2D eigenvalue weighted by atomic mass is 10.00. The maximum Gasteiger partial charge on any atom is 0.272 e. The molecule has 104 valence electrons. The highest BCUT2D eigenvalue weighted by atomic mass is 35.5. The number of aldehydes is 1. The van der Waals surface area contributed by atoms with Crippen LogP contribution >= 0.6 is 11.6 Å². The predicted octanol–water partition coefficient (Wildman–Crippen LogP) is 2.64. The van der Waals surface area contributed by atoms with Crippen molar-refractivity contribution in [2.45, 2.75) is 25.8 Å². The van der Waals surface area contributed by atoms with E-state index >= 15 is 0 Å². The standard InChI is InChI=1S/C15H15ClN2O2/c1-2-12(10-19)14-13(16)8-17-18(15(14)20)9-11-6-4-3-5-7-11/h3-8,10,12H,2,9H2,1H3. The third-order valence-corrected chi connectivity index (χ3v) is 3.48. The molecule has 0 saturated carbocycles. The molecule has 0 aliphatic heterocycles. The fraction of sp³-hybridized carbons (Fsp3) is 0.267. The van der Waals surface area contributed by atoms with Crippen molar-refractivity contribution in [1.29, 1.82) is 0 Å². The van der Waals surface area contributed by atoms with Crippen molar-refractivity contribution in [3.05, 3.63) is 63.0 Å². The van der Waals surface area contributed by atoms with Gasteiger partial charge in [0.05, 0.1) is 17.8 Å². The van der Waals surface area contributed by atoms with Crippen molar-refractivity contribution in [3.63, 3.8) is 0 Å². The third-order valence-electron chi connectivity index (χ3n) is 3.18. The molecule has 1 aromatic heterocycles. The zero-order chi connectivity index (χ0) is 14.5. The summed E-state index contributed by atoms with van der Waals surface area (Å²) in [6.07, 6.45) is 2.72. The summed E-state index contributed by atoms with van der Waals surface area (Å²) in [6.45, 7) is 2.20. The Bertz CT molecular complexity index is 653. The SMILES string of the molecule is CCC(C=O)c1c(Cl)cnn(Cc2ccccc2)c1=O. The minimum atomic E-state index is -0.486. The second kappa shape index (κ2) is 6.48. The topological polar surface area (TPSA) is 52.0 Å². The lowest BCUT2D eigenvalue weighted by Gasteiger charge is -2.12. The Labute approximate surface area is 122 Å². The molecule has 20 heavy (non-hydrogen) atoms. The molecule has 0 fully saturated rings. The summed E-state index contributed by atoms with van der Waals surface area (Å²) in [5, 5.41) is 4.29. The quantitative estimate of drug-likeness (QED) is 0.796. The second-order valence-electron chi connectivity index (χ2n) is 4.51. The van der Waals surface area contributed by atoms with Gasteiger partial charge in [0.25, 0.3) is 5.56 Å². The minimum absolute atomic E-state index is 0.248.